The van der Waals surface area contributed by atoms with E-state index in [2.05, 4.69) is 26.1 Å². The number of nitrogens with zero attached hydrogens (tertiary/aromatic N) is 1. The topological polar surface area (TPSA) is 111 Å². The van der Waals surface area contributed by atoms with Crippen LogP contribution in [0.5, 0.6) is 0 Å². The van der Waals surface area contributed by atoms with Gasteiger partial charge in [-0.05, 0) is 31.8 Å². The molecule has 10 heteroatoms. The molecule has 0 saturated carbocycles. The Morgan fingerprint density at radius 3 is 1.28 bits per heavy atom. The molecule has 0 aliphatic carbocycles. The van der Waals surface area contributed by atoms with E-state index in [1.807, 2.05) is 33.3 Å². The number of amides is 1. The second kappa shape index (κ2) is 45.5. The van der Waals surface area contributed by atoms with E-state index >= 15 is 0 Å². The average molecular weight is 928 g/mol. The summed E-state index contributed by atoms with van der Waals surface area (Å²) in [6.45, 7) is 7.03. The van der Waals surface area contributed by atoms with Crippen molar-refractivity contribution in [3.05, 3.63) is 12.2 Å². The molecule has 0 aliphatic rings. The zero-order valence-electron chi connectivity index (χ0n) is 43.3. The number of ether oxygens (including phenoxy) is 1. The number of rotatable bonds is 50. The minimum atomic E-state index is -4.43. The van der Waals surface area contributed by atoms with E-state index < -0.39 is 20.0 Å². The van der Waals surface area contributed by atoms with Crippen molar-refractivity contribution in [3.63, 3.8) is 0 Å². The first-order valence-corrected chi connectivity index (χ1v) is 29.0. The quantitative estimate of drug-likeness (QED) is 0.0205. The zero-order chi connectivity index (χ0) is 47.3. The molecular formula is C54H108N2O7P+. The van der Waals surface area contributed by atoms with Crippen LogP contribution in [0, 0.1) is 0 Å². The smallest absolute Gasteiger partial charge is 0.456 e. The molecule has 2 N–H and O–H groups in total. The number of carbonyl (C=O) groups is 2. The van der Waals surface area contributed by atoms with Crippen LogP contribution in [-0.4, -0.2) is 74.3 Å². The van der Waals surface area contributed by atoms with Crippen LogP contribution in [0.3, 0.4) is 0 Å². The number of unbranched alkanes of at least 4 members (excludes halogenated alkanes) is 34. The van der Waals surface area contributed by atoms with Gasteiger partial charge >= 0.3 is 13.8 Å². The number of quaternary nitrogens is 1. The molecule has 0 saturated heterocycles. The standard InChI is InChI=1S/C54H107N2O7P/c1-7-10-13-16-19-22-25-28-31-34-37-40-43-46-53(57)55-51(50-62-64(59,60)61-49-48-56(4,5)6)52(45-42-39-36-33-30-27-24-21-18-15-12-9-3)63-54(58)47-44-41-38-35-32-29-26-23-20-17-14-11-8-2/h42,45,51-52H,7-41,43-44,46-50H2,1-6H3,(H-,55,57,59,60)/p+1/b45-42+. The lowest BCUT2D eigenvalue weighted by atomic mass is 10.0. The molecule has 0 spiro atoms. The summed E-state index contributed by atoms with van der Waals surface area (Å²) in [4.78, 5) is 37.4. The Hall–Kier alpha value is -1.25. The minimum Gasteiger partial charge on any atom is -0.456 e. The Bertz CT molecular complexity index is 1110. The number of hydrogen-bond donors (Lipinski definition) is 2. The van der Waals surface area contributed by atoms with Crippen LogP contribution < -0.4 is 5.32 Å². The summed E-state index contributed by atoms with van der Waals surface area (Å²) in [6.07, 6.45) is 49.1. The van der Waals surface area contributed by atoms with Crippen LogP contribution in [0.2, 0.25) is 0 Å². The molecule has 64 heavy (non-hydrogen) atoms. The van der Waals surface area contributed by atoms with Gasteiger partial charge in [0.2, 0.25) is 5.91 Å². The van der Waals surface area contributed by atoms with E-state index in [1.165, 1.54) is 180 Å². The second-order valence-electron chi connectivity index (χ2n) is 20.1. The molecule has 0 aromatic heterocycles. The van der Waals surface area contributed by atoms with E-state index in [1.54, 1.807) is 0 Å². The number of likely N-dealkylation sites (N-methyl/N-ethyl adjacent to an activating group) is 1. The third-order valence-electron chi connectivity index (χ3n) is 12.5. The number of esters is 1. The maximum atomic E-state index is 13.4. The number of phosphoric acid groups is 1. The fourth-order valence-electron chi connectivity index (χ4n) is 8.18. The normalized spacial score (nSPS) is 13.9. The maximum Gasteiger partial charge on any atom is 0.472 e. The molecule has 0 aromatic rings. The van der Waals surface area contributed by atoms with Crippen LogP contribution in [0.15, 0.2) is 12.2 Å². The van der Waals surface area contributed by atoms with Gasteiger partial charge in [0.25, 0.3) is 0 Å². The van der Waals surface area contributed by atoms with Crippen molar-refractivity contribution in [1.29, 1.82) is 0 Å². The van der Waals surface area contributed by atoms with Crippen molar-refractivity contribution >= 4 is 19.7 Å². The lowest BCUT2D eigenvalue weighted by Gasteiger charge is -2.27. The molecule has 0 bridgehead atoms. The van der Waals surface area contributed by atoms with E-state index in [9.17, 15) is 19.0 Å². The molecule has 9 nitrogen and oxygen atoms in total. The fraction of sp³-hybridized carbons (Fsp3) is 0.926. The van der Waals surface area contributed by atoms with Gasteiger partial charge in [-0.3, -0.25) is 18.6 Å². The lowest BCUT2D eigenvalue weighted by Crippen LogP contribution is -2.47. The van der Waals surface area contributed by atoms with Crippen molar-refractivity contribution in [1.82, 2.24) is 5.32 Å². The number of hydrogen-bond acceptors (Lipinski definition) is 6. The molecule has 0 radical (unpaired) electrons. The van der Waals surface area contributed by atoms with Gasteiger partial charge in [0.15, 0.2) is 0 Å². The first-order chi connectivity index (χ1) is 30.9. The third-order valence-corrected chi connectivity index (χ3v) is 13.5. The predicted octanol–water partition coefficient (Wildman–Crippen LogP) is 16.1. The predicted molar refractivity (Wildman–Crippen MR) is 273 cm³/mol. The van der Waals surface area contributed by atoms with E-state index in [0.29, 0.717) is 23.9 Å². The molecule has 3 unspecified atom stereocenters. The molecule has 3 atom stereocenters. The highest BCUT2D eigenvalue weighted by molar-refractivity contribution is 7.47. The molecular weight excluding hydrogens is 820 g/mol. The van der Waals surface area contributed by atoms with Crippen LogP contribution in [-0.2, 0) is 27.9 Å². The minimum absolute atomic E-state index is 0.0453. The molecule has 0 heterocycles. The summed E-state index contributed by atoms with van der Waals surface area (Å²) in [5.74, 6) is -0.491. The van der Waals surface area contributed by atoms with Crippen LogP contribution >= 0.6 is 7.82 Å². The molecule has 0 aromatic carbocycles. The van der Waals surface area contributed by atoms with Crippen LogP contribution in [0.4, 0.5) is 0 Å². The second-order valence-corrected chi connectivity index (χ2v) is 21.6. The maximum absolute atomic E-state index is 13.4. The molecule has 380 valence electrons. The summed E-state index contributed by atoms with van der Waals surface area (Å²) in [6, 6.07) is -0.837. The Kier molecular flexibility index (Phi) is 44.6. The first kappa shape index (κ1) is 62.8. The highest BCUT2D eigenvalue weighted by atomic mass is 31.2. The van der Waals surface area contributed by atoms with Gasteiger partial charge in [-0.15, -0.1) is 0 Å². The van der Waals surface area contributed by atoms with Crippen molar-refractivity contribution in [2.45, 2.75) is 283 Å². The number of carbonyl (C=O) groups excluding carboxylic acids is 2. The van der Waals surface area contributed by atoms with Gasteiger partial charge in [0.05, 0.1) is 33.8 Å². The van der Waals surface area contributed by atoms with E-state index in [4.69, 9.17) is 13.8 Å². The number of phosphoric ester groups is 1. The largest absolute Gasteiger partial charge is 0.472 e. The first-order valence-electron chi connectivity index (χ1n) is 27.5. The van der Waals surface area contributed by atoms with Gasteiger partial charge < -0.3 is 19.4 Å². The summed E-state index contributed by atoms with van der Waals surface area (Å²) in [7, 11) is 1.51. The summed E-state index contributed by atoms with van der Waals surface area (Å²) < 4.78 is 30.5. The lowest BCUT2D eigenvalue weighted by molar-refractivity contribution is -0.870. The van der Waals surface area contributed by atoms with E-state index in [-0.39, 0.29) is 25.1 Å². The summed E-state index contributed by atoms with van der Waals surface area (Å²) in [5, 5.41) is 3.05. The zero-order valence-corrected chi connectivity index (χ0v) is 44.2. The van der Waals surface area contributed by atoms with Gasteiger partial charge in [0.1, 0.15) is 19.3 Å². The molecule has 0 fully saturated rings. The SMILES string of the molecule is CCCCCCCCCCCC/C=C/C(OC(=O)CCCCCCCCCCCCCCC)C(COP(=O)(O)OCC[N+](C)(C)C)NC(=O)CCCCCCCCCCCCCCC. The summed E-state index contributed by atoms with van der Waals surface area (Å²) >= 11 is 0. The Morgan fingerprint density at radius 2 is 0.891 bits per heavy atom. The Balaban J connectivity index is 5.37. The number of nitrogens with one attached hydrogen (secondary N) is 1. The molecule has 1 amide bonds. The van der Waals surface area contributed by atoms with Crippen molar-refractivity contribution in [2.24, 2.45) is 0 Å². The van der Waals surface area contributed by atoms with Crippen molar-refractivity contribution < 1.29 is 37.3 Å². The van der Waals surface area contributed by atoms with Gasteiger partial charge in [-0.2, -0.15) is 0 Å². The third kappa shape index (κ3) is 45.9. The van der Waals surface area contributed by atoms with Crippen molar-refractivity contribution in [3.8, 4) is 0 Å². The van der Waals surface area contributed by atoms with Gasteiger partial charge in [-0.1, -0.05) is 239 Å². The van der Waals surface area contributed by atoms with Gasteiger partial charge in [-0.25, -0.2) is 4.57 Å². The Morgan fingerprint density at radius 1 is 0.531 bits per heavy atom. The summed E-state index contributed by atoms with van der Waals surface area (Å²) in [5.41, 5.74) is 0. The Labute approximate surface area is 397 Å². The van der Waals surface area contributed by atoms with Crippen LogP contribution in [0.1, 0.15) is 271 Å². The monoisotopic (exact) mass is 928 g/mol. The van der Waals surface area contributed by atoms with E-state index in [0.717, 1.165) is 57.8 Å². The fourth-order valence-corrected chi connectivity index (χ4v) is 8.91. The average Bonchev–Trinajstić information content (AvgIpc) is 3.25. The highest BCUT2D eigenvalue weighted by Crippen LogP contribution is 2.43. The molecule has 0 rings (SSSR count). The highest BCUT2D eigenvalue weighted by Gasteiger charge is 2.30. The molecule has 0 aliphatic heterocycles. The van der Waals surface area contributed by atoms with Crippen molar-refractivity contribution in [2.75, 3.05) is 40.9 Å². The number of allylic oxidation sites excluding steroid dienone is 1. The van der Waals surface area contributed by atoms with Gasteiger partial charge in [0, 0.05) is 12.8 Å². The van der Waals surface area contributed by atoms with Crippen LogP contribution in [0.25, 0.3) is 0 Å².